The monoisotopic (exact) mass is 250 g/mol. The molecule has 0 radical (unpaired) electrons. The fourth-order valence-electron chi connectivity index (χ4n) is 2.61. The molecule has 0 amide bonds. The standard InChI is InChI=1S/C15H26N2O/c1-4-6-7-8-11-15(3,10-5-2)17-13-9-12-16-14(17)18/h9,12-13H,4-8,10-11H2,1-3H3. The summed E-state index contributed by atoms with van der Waals surface area (Å²) in [5, 5.41) is 0. The van der Waals surface area contributed by atoms with E-state index in [9.17, 15) is 4.79 Å². The topological polar surface area (TPSA) is 34.9 Å². The minimum absolute atomic E-state index is 0.0756. The van der Waals surface area contributed by atoms with Crippen LogP contribution in [0.1, 0.15) is 65.7 Å². The maximum Gasteiger partial charge on any atom is 0.348 e. The molecule has 0 saturated heterocycles. The predicted molar refractivity (Wildman–Crippen MR) is 75.8 cm³/mol. The van der Waals surface area contributed by atoms with Crippen LogP contribution in [0.3, 0.4) is 0 Å². The van der Waals surface area contributed by atoms with Gasteiger partial charge < -0.3 is 0 Å². The SMILES string of the molecule is CCCCCCC(C)(CCC)n1cccnc1=O. The summed E-state index contributed by atoms with van der Waals surface area (Å²) < 4.78 is 1.82. The summed E-state index contributed by atoms with van der Waals surface area (Å²) in [4.78, 5) is 15.8. The molecule has 1 aromatic rings. The normalized spacial score (nSPS) is 14.4. The molecule has 1 unspecified atom stereocenters. The van der Waals surface area contributed by atoms with Crippen LogP contribution in [-0.2, 0) is 5.54 Å². The molecule has 3 nitrogen and oxygen atoms in total. The van der Waals surface area contributed by atoms with Gasteiger partial charge in [0.25, 0.3) is 0 Å². The maximum atomic E-state index is 11.9. The zero-order chi connectivity index (χ0) is 13.4. The molecule has 0 aromatic carbocycles. The summed E-state index contributed by atoms with van der Waals surface area (Å²) in [6.45, 7) is 6.58. The first-order valence-electron chi connectivity index (χ1n) is 7.18. The second kappa shape index (κ2) is 7.34. The lowest BCUT2D eigenvalue weighted by atomic mass is 9.89. The quantitative estimate of drug-likeness (QED) is 0.659. The van der Waals surface area contributed by atoms with Gasteiger partial charge in [0.15, 0.2) is 0 Å². The number of rotatable bonds is 8. The lowest BCUT2D eigenvalue weighted by molar-refractivity contribution is 0.247. The zero-order valence-corrected chi connectivity index (χ0v) is 12.0. The van der Waals surface area contributed by atoms with Crippen molar-refractivity contribution in [3.63, 3.8) is 0 Å². The van der Waals surface area contributed by atoms with Crippen LogP contribution in [0, 0.1) is 0 Å². The van der Waals surface area contributed by atoms with Gasteiger partial charge in [-0.25, -0.2) is 9.78 Å². The van der Waals surface area contributed by atoms with E-state index >= 15 is 0 Å². The van der Waals surface area contributed by atoms with Crippen LogP contribution in [0.25, 0.3) is 0 Å². The van der Waals surface area contributed by atoms with Crippen molar-refractivity contribution in [2.45, 2.75) is 71.3 Å². The van der Waals surface area contributed by atoms with E-state index in [-0.39, 0.29) is 11.2 Å². The number of aromatic nitrogens is 2. The first-order valence-corrected chi connectivity index (χ1v) is 7.18. The van der Waals surface area contributed by atoms with E-state index in [4.69, 9.17) is 0 Å². The molecule has 0 N–H and O–H groups in total. The van der Waals surface area contributed by atoms with Crippen LogP contribution >= 0.6 is 0 Å². The minimum Gasteiger partial charge on any atom is -0.293 e. The lowest BCUT2D eigenvalue weighted by Crippen LogP contribution is -2.39. The van der Waals surface area contributed by atoms with Gasteiger partial charge in [0.05, 0.1) is 0 Å². The molecule has 1 atom stereocenters. The number of hydrogen-bond acceptors (Lipinski definition) is 2. The maximum absolute atomic E-state index is 11.9. The fourth-order valence-corrected chi connectivity index (χ4v) is 2.61. The van der Waals surface area contributed by atoms with Gasteiger partial charge in [-0.1, -0.05) is 46.0 Å². The van der Waals surface area contributed by atoms with Gasteiger partial charge in [0.1, 0.15) is 0 Å². The Morgan fingerprint density at radius 3 is 2.56 bits per heavy atom. The van der Waals surface area contributed by atoms with E-state index in [1.54, 1.807) is 6.20 Å². The first kappa shape index (κ1) is 14.9. The molecule has 1 heterocycles. The van der Waals surface area contributed by atoms with Crippen molar-refractivity contribution in [2.75, 3.05) is 0 Å². The number of unbranched alkanes of at least 4 members (excludes halogenated alkanes) is 3. The van der Waals surface area contributed by atoms with Crippen LogP contribution < -0.4 is 5.69 Å². The Morgan fingerprint density at radius 1 is 1.17 bits per heavy atom. The van der Waals surface area contributed by atoms with Crippen LogP contribution in [0.2, 0.25) is 0 Å². The number of nitrogens with zero attached hydrogens (tertiary/aromatic N) is 2. The molecule has 1 rings (SSSR count). The largest absolute Gasteiger partial charge is 0.348 e. The van der Waals surface area contributed by atoms with Crippen molar-refractivity contribution in [2.24, 2.45) is 0 Å². The average Bonchev–Trinajstić information content (AvgIpc) is 2.35. The molecule has 0 aliphatic carbocycles. The highest BCUT2D eigenvalue weighted by Crippen LogP contribution is 2.27. The molecule has 0 aliphatic rings. The molecular formula is C15H26N2O. The van der Waals surface area contributed by atoms with Crippen molar-refractivity contribution in [3.05, 3.63) is 28.9 Å². The first-order chi connectivity index (χ1) is 8.64. The molecule has 3 heteroatoms. The highest BCUT2D eigenvalue weighted by molar-refractivity contribution is 4.91. The summed E-state index contributed by atoms with van der Waals surface area (Å²) in [5.74, 6) is 0. The molecule has 0 spiro atoms. The van der Waals surface area contributed by atoms with Gasteiger partial charge in [-0.3, -0.25) is 4.57 Å². The van der Waals surface area contributed by atoms with Gasteiger partial charge in [-0.05, 0) is 25.8 Å². The zero-order valence-electron chi connectivity index (χ0n) is 12.0. The Bertz CT molecular complexity index is 399. The van der Waals surface area contributed by atoms with E-state index < -0.39 is 0 Å². The second-order valence-electron chi connectivity index (χ2n) is 5.33. The summed E-state index contributed by atoms with van der Waals surface area (Å²) in [6.07, 6.45) is 11.6. The summed E-state index contributed by atoms with van der Waals surface area (Å²) in [7, 11) is 0. The smallest absolute Gasteiger partial charge is 0.293 e. The van der Waals surface area contributed by atoms with Crippen molar-refractivity contribution >= 4 is 0 Å². The van der Waals surface area contributed by atoms with Gasteiger partial charge in [-0.15, -0.1) is 0 Å². The highest BCUT2D eigenvalue weighted by atomic mass is 16.1. The molecule has 102 valence electrons. The molecule has 0 aliphatic heterocycles. The molecule has 0 bridgehead atoms. The van der Waals surface area contributed by atoms with Gasteiger partial charge in [0, 0.05) is 17.9 Å². The van der Waals surface area contributed by atoms with Crippen molar-refractivity contribution < 1.29 is 0 Å². The predicted octanol–water partition coefficient (Wildman–Crippen LogP) is 3.73. The Morgan fingerprint density at radius 2 is 1.94 bits per heavy atom. The lowest BCUT2D eigenvalue weighted by Gasteiger charge is -2.31. The van der Waals surface area contributed by atoms with Crippen molar-refractivity contribution in [1.82, 2.24) is 9.55 Å². The Labute approximate surface area is 110 Å². The second-order valence-corrected chi connectivity index (χ2v) is 5.33. The van der Waals surface area contributed by atoms with E-state index in [1.807, 2.05) is 16.8 Å². The fraction of sp³-hybridized carbons (Fsp3) is 0.733. The highest BCUT2D eigenvalue weighted by Gasteiger charge is 2.25. The third kappa shape index (κ3) is 3.97. The molecule has 0 fully saturated rings. The van der Waals surface area contributed by atoms with E-state index in [2.05, 4.69) is 25.8 Å². The van der Waals surface area contributed by atoms with Crippen LogP contribution in [0.5, 0.6) is 0 Å². The van der Waals surface area contributed by atoms with Crippen molar-refractivity contribution in [3.8, 4) is 0 Å². The molecule has 1 aromatic heterocycles. The van der Waals surface area contributed by atoms with Gasteiger partial charge in [0.2, 0.25) is 0 Å². The van der Waals surface area contributed by atoms with Crippen LogP contribution in [-0.4, -0.2) is 9.55 Å². The van der Waals surface area contributed by atoms with Gasteiger partial charge >= 0.3 is 5.69 Å². The minimum atomic E-state index is -0.121. The molecule has 18 heavy (non-hydrogen) atoms. The van der Waals surface area contributed by atoms with E-state index in [1.165, 1.54) is 25.7 Å². The number of hydrogen-bond donors (Lipinski definition) is 0. The Kier molecular flexibility index (Phi) is 6.10. The van der Waals surface area contributed by atoms with E-state index in [0.29, 0.717) is 0 Å². The third-order valence-electron chi connectivity index (χ3n) is 3.65. The molecular weight excluding hydrogens is 224 g/mol. The van der Waals surface area contributed by atoms with Crippen LogP contribution in [0.15, 0.2) is 23.3 Å². The summed E-state index contributed by atoms with van der Waals surface area (Å²) in [6, 6.07) is 1.85. The third-order valence-corrected chi connectivity index (χ3v) is 3.65. The summed E-state index contributed by atoms with van der Waals surface area (Å²) >= 11 is 0. The Balaban J connectivity index is 2.79. The molecule has 0 saturated carbocycles. The van der Waals surface area contributed by atoms with Crippen LogP contribution in [0.4, 0.5) is 0 Å². The van der Waals surface area contributed by atoms with E-state index in [0.717, 1.165) is 19.3 Å². The summed E-state index contributed by atoms with van der Waals surface area (Å²) in [5.41, 5.74) is -0.197. The van der Waals surface area contributed by atoms with Crippen molar-refractivity contribution in [1.29, 1.82) is 0 Å². The van der Waals surface area contributed by atoms with Gasteiger partial charge in [-0.2, -0.15) is 0 Å². The Hall–Kier alpha value is -1.12. The average molecular weight is 250 g/mol.